The number of amides is 1. The maximum absolute atomic E-state index is 13.0. The van der Waals surface area contributed by atoms with Gasteiger partial charge in [0.25, 0.3) is 5.69 Å². The van der Waals surface area contributed by atoms with E-state index >= 15 is 0 Å². The lowest BCUT2D eigenvalue weighted by molar-refractivity contribution is -0.384. The molecule has 34 heavy (non-hydrogen) atoms. The minimum atomic E-state index is -0.442. The Morgan fingerprint density at radius 3 is 2.59 bits per heavy atom. The Balaban J connectivity index is 1.43. The zero-order chi connectivity index (χ0) is 23.5. The molecule has 0 fully saturated rings. The number of thiazole rings is 1. The molecule has 9 heteroatoms. The quantitative estimate of drug-likeness (QED) is 0.291. The van der Waals surface area contributed by atoms with Crippen LogP contribution in [0, 0.1) is 10.1 Å². The van der Waals surface area contributed by atoms with E-state index in [1.54, 1.807) is 30.3 Å². The van der Waals surface area contributed by atoms with Gasteiger partial charge in [0.2, 0.25) is 5.91 Å². The second-order valence-electron chi connectivity index (χ2n) is 7.59. The smallest absolute Gasteiger partial charge is 0.269 e. The topological polar surface area (TPSA) is 104 Å². The van der Waals surface area contributed by atoms with Gasteiger partial charge in [0.1, 0.15) is 18.2 Å². The SMILES string of the molecule is O=C(CC(=Cc1ccc([N+](=O)[O-])cc1)c1nc2ccccc2s1)Nc1ccc2c(c1)OCCO2. The second-order valence-corrected chi connectivity index (χ2v) is 8.62. The number of hydrogen-bond acceptors (Lipinski definition) is 7. The highest BCUT2D eigenvalue weighted by molar-refractivity contribution is 7.19. The number of non-ortho nitro benzene ring substituents is 1. The Morgan fingerprint density at radius 2 is 1.82 bits per heavy atom. The number of carbonyl (C=O) groups is 1. The number of rotatable bonds is 6. The van der Waals surface area contributed by atoms with Crippen molar-refractivity contribution in [2.75, 3.05) is 18.5 Å². The molecule has 0 radical (unpaired) electrons. The first-order valence-electron chi connectivity index (χ1n) is 10.6. The van der Waals surface area contributed by atoms with Crippen LogP contribution < -0.4 is 14.8 Å². The Morgan fingerprint density at radius 1 is 1.06 bits per heavy atom. The molecule has 1 N–H and O–H groups in total. The van der Waals surface area contributed by atoms with Crippen LogP contribution in [0.3, 0.4) is 0 Å². The molecular weight excluding hydrogens is 454 g/mol. The number of para-hydroxylation sites is 1. The molecule has 0 atom stereocenters. The van der Waals surface area contributed by atoms with Crippen LogP contribution in [0.15, 0.2) is 66.7 Å². The Labute approximate surface area is 198 Å². The number of carbonyl (C=O) groups excluding carboxylic acids is 1. The lowest BCUT2D eigenvalue weighted by Gasteiger charge is -2.19. The predicted octanol–water partition coefficient (Wildman–Crippen LogP) is 5.55. The summed E-state index contributed by atoms with van der Waals surface area (Å²) in [5.74, 6) is 1.03. The third-order valence-electron chi connectivity index (χ3n) is 5.19. The standard InChI is InChI=1S/C25H19N3O5S/c29-24(26-18-7-10-21-22(15-18)33-12-11-32-21)14-17(13-16-5-8-19(9-6-16)28(30)31)25-27-20-3-1-2-4-23(20)34-25/h1-10,13,15H,11-12,14H2,(H,26,29). The number of nitrogens with one attached hydrogen (secondary N) is 1. The molecule has 1 aliphatic rings. The number of nitro benzene ring substituents is 1. The van der Waals surface area contributed by atoms with Gasteiger partial charge in [-0.15, -0.1) is 11.3 Å². The van der Waals surface area contributed by atoms with Gasteiger partial charge in [-0.05, 0) is 53.6 Å². The number of fused-ring (bicyclic) bond motifs is 2. The molecule has 0 saturated carbocycles. The summed E-state index contributed by atoms with van der Waals surface area (Å²) in [5.41, 5.74) is 2.92. The summed E-state index contributed by atoms with van der Waals surface area (Å²) in [7, 11) is 0. The molecule has 0 spiro atoms. The van der Waals surface area contributed by atoms with Crippen LogP contribution >= 0.6 is 11.3 Å². The number of benzene rings is 3. The van der Waals surface area contributed by atoms with E-state index in [0.717, 1.165) is 20.8 Å². The van der Waals surface area contributed by atoms with Gasteiger partial charge in [0.15, 0.2) is 11.5 Å². The van der Waals surface area contributed by atoms with Gasteiger partial charge >= 0.3 is 0 Å². The summed E-state index contributed by atoms with van der Waals surface area (Å²) in [6, 6.07) is 19.2. The largest absolute Gasteiger partial charge is 0.486 e. The Bertz CT molecular complexity index is 1380. The van der Waals surface area contributed by atoms with Crippen molar-refractivity contribution in [3.63, 3.8) is 0 Å². The summed E-state index contributed by atoms with van der Waals surface area (Å²) in [6.07, 6.45) is 1.91. The molecule has 170 valence electrons. The third-order valence-corrected chi connectivity index (χ3v) is 6.30. The number of nitrogens with zero attached hydrogens (tertiary/aromatic N) is 2. The number of ether oxygens (including phenoxy) is 2. The maximum Gasteiger partial charge on any atom is 0.269 e. The Hall–Kier alpha value is -4.24. The lowest BCUT2D eigenvalue weighted by atomic mass is 10.1. The fourth-order valence-electron chi connectivity index (χ4n) is 3.59. The van der Waals surface area contributed by atoms with Gasteiger partial charge < -0.3 is 14.8 Å². The number of aromatic nitrogens is 1. The monoisotopic (exact) mass is 473 g/mol. The third kappa shape index (κ3) is 4.74. The van der Waals surface area contributed by atoms with Crippen molar-refractivity contribution in [3.05, 3.63) is 87.4 Å². The van der Waals surface area contributed by atoms with Crippen LogP contribution in [0.4, 0.5) is 11.4 Å². The van der Waals surface area contributed by atoms with Crippen molar-refractivity contribution in [2.24, 2.45) is 0 Å². The molecule has 5 rings (SSSR count). The van der Waals surface area contributed by atoms with Crippen molar-refractivity contribution in [1.29, 1.82) is 0 Å². The molecule has 1 aliphatic heterocycles. The van der Waals surface area contributed by atoms with Gasteiger partial charge in [0.05, 0.1) is 21.6 Å². The van der Waals surface area contributed by atoms with E-state index in [-0.39, 0.29) is 18.0 Å². The van der Waals surface area contributed by atoms with Crippen molar-refractivity contribution < 1.29 is 19.2 Å². The highest BCUT2D eigenvalue weighted by atomic mass is 32.1. The van der Waals surface area contributed by atoms with Crippen molar-refractivity contribution in [2.45, 2.75) is 6.42 Å². The van der Waals surface area contributed by atoms with Gasteiger partial charge in [-0.3, -0.25) is 14.9 Å². The highest BCUT2D eigenvalue weighted by Gasteiger charge is 2.16. The average molecular weight is 474 g/mol. The average Bonchev–Trinajstić information content (AvgIpc) is 3.28. The summed E-state index contributed by atoms with van der Waals surface area (Å²) < 4.78 is 12.1. The number of hydrogen-bond donors (Lipinski definition) is 1. The van der Waals surface area contributed by atoms with E-state index in [2.05, 4.69) is 5.32 Å². The highest BCUT2D eigenvalue weighted by Crippen LogP contribution is 2.34. The first-order chi connectivity index (χ1) is 16.5. The summed E-state index contributed by atoms with van der Waals surface area (Å²) in [4.78, 5) is 28.2. The van der Waals surface area contributed by atoms with E-state index in [1.165, 1.54) is 23.5 Å². The zero-order valence-corrected chi connectivity index (χ0v) is 18.7. The van der Waals surface area contributed by atoms with Crippen molar-refractivity contribution in [3.8, 4) is 11.5 Å². The molecule has 8 nitrogen and oxygen atoms in total. The molecular formula is C25H19N3O5S. The van der Waals surface area contributed by atoms with E-state index < -0.39 is 4.92 Å². The minimum Gasteiger partial charge on any atom is -0.486 e. The zero-order valence-electron chi connectivity index (χ0n) is 17.9. The molecule has 0 saturated heterocycles. The molecule has 0 aliphatic carbocycles. The molecule has 1 aromatic heterocycles. The van der Waals surface area contributed by atoms with E-state index in [1.807, 2.05) is 30.3 Å². The van der Waals surface area contributed by atoms with Gasteiger partial charge in [0, 0.05) is 23.9 Å². The number of anilines is 1. The second kappa shape index (κ2) is 9.32. The lowest BCUT2D eigenvalue weighted by Crippen LogP contribution is -2.16. The van der Waals surface area contributed by atoms with Gasteiger partial charge in [-0.2, -0.15) is 0 Å². The van der Waals surface area contributed by atoms with E-state index in [0.29, 0.717) is 36.0 Å². The van der Waals surface area contributed by atoms with Gasteiger partial charge in [-0.25, -0.2) is 4.98 Å². The fraction of sp³-hybridized carbons (Fsp3) is 0.120. The fourth-order valence-corrected chi connectivity index (χ4v) is 4.57. The van der Waals surface area contributed by atoms with Crippen LogP contribution in [0.2, 0.25) is 0 Å². The van der Waals surface area contributed by atoms with Crippen molar-refractivity contribution in [1.82, 2.24) is 4.98 Å². The van der Waals surface area contributed by atoms with Crippen molar-refractivity contribution >= 4 is 50.5 Å². The molecule has 2 heterocycles. The van der Waals surface area contributed by atoms with Crippen LogP contribution in [0.25, 0.3) is 21.9 Å². The van der Waals surface area contributed by atoms with Crippen LogP contribution in [-0.2, 0) is 4.79 Å². The number of nitro groups is 1. The van der Waals surface area contributed by atoms with Crippen LogP contribution in [0.1, 0.15) is 17.0 Å². The molecule has 0 bridgehead atoms. The summed E-state index contributed by atoms with van der Waals surface area (Å²) in [5, 5.41) is 14.6. The van der Waals surface area contributed by atoms with E-state index in [4.69, 9.17) is 14.5 Å². The van der Waals surface area contributed by atoms with Gasteiger partial charge in [-0.1, -0.05) is 12.1 Å². The molecule has 0 unspecified atom stereocenters. The first kappa shape index (κ1) is 21.6. The van der Waals surface area contributed by atoms with Crippen LogP contribution in [0.5, 0.6) is 11.5 Å². The van der Waals surface area contributed by atoms with Crippen LogP contribution in [-0.4, -0.2) is 29.0 Å². The van der Waals surface area contributed by atoms with E-state index in [9.17, 15) is 14.9 Å². The first-order valence-corrected chi connectivity index (χ1v) is 11.4. The maximum atomic E-state index is 13.0. The molecule has 1 amide bonds. The Kier molecular flexibility index (Phi) is 5.92. The molecule has 3 aromatic carbocycles. The molecule has 4 aromatic rings. The predicted molar refractivity (Wildman–Crippen MR) is 131 cm³/mol. The minimum absolute atomic E-state index is 0.00929. The summed E-state index contributed by atoms with van der Waals surface area (Å²) in [6.45, 7) is 0.960. The summed E-state index contributed by atoms with van der Waals surface area (Å²) >= 11 is 1.50. The normalized spacial score (nSPS) is 13.0.